The first-order valence-electron chi connectivity index (χ1n) is 5.57. The molecule has 0 amide bonds. The third-order valence-corrected chi connectivity index (χ3v) is 3.56. The molecular weight excluding hydrogens is 248 g/mol. The lowest BCUT2D eigenvalue weighted by molar-refractivity contribution is 0.0995. The van der Waals surface area contributed by atoms with Gasteiger partial charge in [-0.25, -0.2) is 0 Å². The number of carbonyl (C=O) groups is 1. The van der Waals surface area contributed by atoms with Gasteiger partial charge in [-0.2, -0.15) is 0 Å². The molecule has 0 bridgehead atoms. The maximum absolute atomic E-state index is 12.2. The number of aryl methyl sites for hydroxylation is 2. The lowest BCUT2D eigenvalue weighted by atomic mass is 10.0. The van der Waals surface area contributed by atoms with E-state index in [4.69, 9.17) is 4.74 Å². The fourth-order valence-corrected chi connectivity index (χ4v) is 2.38. The van der Waals surface area contributed by atoms with Crippen LogP contribution in [-0.4, -0.2) is 22.5 Å². The average molecular weight is 262 g/mol. The first-order chi connectivity index (χ1) is 8.61. The van der Waals surface area contributed by atoms with Crippen LogP contribution in [0, 0.1) is 13.8 Å². The maximum atomic E-state index is 12.2. The number of benzene rings is 1. The van der Waals surface area contributed by atoms with Crippen LogP contribution in [0.5, 0.6) is 5.75 Å². The third kappa shape index (κ3) is 2.56. The van der Waals surface area contributed by atoms with Crippen LogP contribution >= 0.6 is 11.5 Å². The van der Waals surface area contributed by atoms with Crippen LogP contribution in [0.25, 0.3) is 0 Å². The summed E-state index contributed by atoms with van der Waals surface area (Å²) in [6.45, 7) is 3.79. The van der Waals surface area contributed by atoms with Crippen LogP contribution in [0.15, 0.2) is 18.2 Å². The zero-order valence-electron chi connectivity index (χ0n) is 10.6. The summed E-state index contributed by atoms with van der Waals surface area (Å²) in [4.78, 5) is 12.8. The predicted octanol–water partition coefficient (Wildman–Crippen LogP) is 2.59. The number of nitrogens with zero attached hydrogens (tertiary/aromatic N) is 2. The molecule has 0 aliphatic rings. The molecule has 0 unspecified atom stereocenters. The monoisotopic (exact) mass is 262 g/mol. The second-order valence-electron chi connectivity index (χ2n) is 4.10. The smallest absolute Gasteiger partial charge is 0.180 e. The number of ether oxygens (including phenoxy) is 1. The van der Waals surface area contributed by atoms with Gasteiger partial charge in [-0.15, -0.1) is 5.10 Å². The van der Waals surface area contributed by atoms with E-state index < -0.39 is 0 Å². The Bertz CT molecular complexity index is 578. The number of methoxy groups -OCH3 is 1. The molecule has 94 valence electrons. The minimum atomic E-state index is 0.0337. The molecule has 2 aromatic rings. The van der Waals surface area contributed by atoms with Gasteiger partial charge in [-0.3, -0.25) is 4.79 Å². The average Bonchev–Trinajstić information content (AvgIpc) is 2.76. The van der Waals surface area contributed by atoms with Crippen molar-refractivity contribution in [2.75, 3.05) is 7.11 Å². The Hall–Kier alpha value is -1.75. The highest BCUT2D eigenvalue weighted by Crippen LogP contribution is 2.22. The summed E-state index contributed by atoms with van der Waals surface area (Å²) >= 11 is 1.14. The normalized spacial score (nSPS) is 10.4. The largest absolute Gasteiger partial charge is 0.496 e. The minimum Gasteiger partial charge on any atom is -0.496 e. The molecule has 0 aliphatic heterocycles. The van der Waals surface area contributed by atoms with Gasteiger partial charge in [0.25, 0.3) is 0 Å². The number of ketones is 1. The number of Topliss-reactive ketones (excluding diaryl/α,β-unsaturated/α-hetero) is 1. The fraction of sp³-hybridized carbons (Fsp3) is 0.308. The zero-order valence-corrected chi connectivity index (χ0v) is 11.4. The Kier molecular flexibility index (Phi) is 3.72. The lowest BCUT2D eigenvalue weighted by Crippen LogP contribution is -2.05. The molecule has 0 saturated carbocycles. The predicted molar refractivity (Wildman–Crippen MR) is 70.4 cm³/mol. The maximum Gasteiger partial charge on any atom is 0.180 e. The Morgan fingerprint density at radius 2 is 2.17 bits per heavy atom. The van der Waals surface area contributed by atoms with E-state index in [0.29, 0.717) is 17.0 Å². The SMILES string of the molecule is COc1ccc(C)cc1CC(=O)c1snnc1C. The van der Waals surface area contributed by atoms with Crippen molar-refractivity contribution in [2.45, 2.75) is 20.3 Å². The van der Waals surface area contributed by atoms with E-state index in [1.807, 2.05) is 25.1 Å². The molecule has 0 N–H and O–H groups in total. The van der Waals surface area contributed by atoms with Crippen molar-refractivity contribution in [3.63, 3.8) is 0 Å². The van der Waals surface area contributed by atoms with Crippen molar-refractivity contribution >= 4 is 17.3 Å². The highest BCUT2D eigenvalue weighted by atomic mass is 32.1. The summed E-state index contributed by atoms with van der Waals surface area (Å²) in [5, 5.41) is 3.86. The van der Waals surface area contributed by atoms with Gasteiger partial charge in [0.15, 0.2) is 5.78 Å². The molecule has 0 atom stereocenters. The van der Waals surface area contributed by atoms with Gasteiger partial charge in [0.05, 0.1) is 12.8 Å². The van der Waals surface area contributed by atoms with Crippen molar-refractivity contribution in [1.29, 1.82) is 0 Å². The van der Waals surface area contributed by atoms with Crippen molar-refractivity contribution < 1.29 is 9.53 Å². The van der Waals surface area contributed by atoms with Crippen LogP contribution < -0.4 is 4.74 Å². The first kappa shape index (κ1) is 12.7. The minimum absolute atomic E-state index is 0.0337. The van der Waals surface area contributed by atoms with Crippen molar-refractivity contribution in [3.05, 3.63) is 39.9 Å². The summed E-state index contributed by atoms with van der Waals surface area (Å²) in [5.41, 5.74) is 2.70. The standard InChI is InChI=1S/C13H14N2O2S/c1-8-4-5-12(17-3)10(6-8)7-11(16)13-9(2)14-15-18-13/h4-6H,7H2,1-3H3. The van der Waals surface area contributed by atoms with Crippen LogP contribution in [0.3, 0.4) is 0 Å². The van der Waals surface area contributed by atoms with E-state index in [2.05, 4.69) is 9.59 Å². The first-order valence-corrected chi connectivity index (χ1v) is 6.35. The molecular formula is C13H14N2O2S. The summed E-state index contributed by atoms with van der Waals surface area (Å²) in [6.07, 6.45) is 0.315. The summed E-state index contributed by atoms with van der Waals surface area (Å²) in [5.74, 6) is 0.774. The molecule has 18 heavy (non-hydrogen) atoms. The quantitative estimate of drug-likeness (QED) is 0.795. The van der Waals surface area contributed by atoms with Crippen LogP contribution in [0.4, 0.5) is 0 Å². The molecule has 0 spiro atoms. The Labute approximate surface area is 110 Å². The second-order valence-corrected chi connectivity index (χ2v) is 4.86. The van der Waals surface area contributed by atoms with Crippen LogP contribution in [0.1, 0.15) is 26.5 Å². The molecule has 1 aromatic heterocycles. The second kappa shape index (κ2) is 5.27. The van der Waals surface area contributed by atoms with Gasteiger partial charge in [-0.05, 0) is 31.4 Å². The summed E-state index contributed by atoms with van der Waals surface area (Å²) < 4.78 is 9.05. The number of carbonyl (C=O) groups excluding carboxylic acids is 1. The van der Waals surface area contributed by atoms with Gasteiger partial charge in [0.2, 0.25) is 0 Å². The third-order valence-electron chi connectivity index (χ3n) is 2.69. The van der Waals surface area contributed by atoms with Crippen molar-refractivity contribution in [1.82, 2.24) is 9.59 Å². The van der Waals surface area contributed by atoms with Gasteiger partial charge >= 0.3 is 0 Å². The fourth-order valence-electron chi connectivity index (χ4n) is 1.79. The number of rotatable bonds is 4. The summed E-state index contributed by atoms with van der Waals surface area (Å²) in [6, 6.07) is 5.82. The van der Waals surface area contributed by atoms with Crippen LogP contribution in [0.2, 0.25) is 0 Å². The van der Waals surface area contributed by atoms with Crippen LogP contribution in [-0.2, 0) is 6.42 Å². The van der Waals surface area contributed by atoms with Crippen molar-refractivity contribution in [2.24, 2.45) is 0 Å². The van der Waals surface area contributed by atoms with E-state index in [9.17, 15) is 4.79 Å². The molecule has 0 radical (unpaired) electrons. The van der Waals surface area contributed by atoms with Gasteiger partial charge in [0.1, 0.15) is 10.6 Å². The van der Waals surface area contributed by atoms with Gasteiger partial charge in [-0.1, -0.05) is 22.2 Å². The molecule has 0 saturated heterocycles. The van der Waals surface area contributed by atoms with E-state index in [0.717, 1.165) is 28.4 Å². The Balaban J connectivity index is 2.27. The zero-order chi connectivity index (χ0) is 13.1. The Morgan fingerprint density at radius 3 is 2.78 bits per heavy atom. The molecule has 0 aliphatic carbocycles. The molecule has 5 heteroatoms. The number of hydrogen-bond acceptors (Lipinski definition) is 5. The lowest BCUT2D eigenvalue weighted by Gasteiger charge is -2.08. The molecule has 1 aromatic carbocycles. The molecule has 2 rings (SSSR count). The Morgan fingerprint density at radius 1 is 1.39 bits per heavy atom. The summed E-state index contributed by atoms with van der Waals surface area (Å²) in [7, 11) is 1.61. The van der Waals surface area contributed by atoms with E-state index >= 15 is 0 Å². The highest BCUT2D eigenvalue weighted by Gasteiger charge is 2.16. The van der Waals surface area contributed by atoms with E-state index in [-0.39, 0.29) is 5.78 Å². The van der Waals surface area contributed by atoms with Gasteiger partial charge in [0, 0.05) is 12.0 Å². The molecule has 0 fully saturated rings. The number of hydrogen-bond donors (Lipinski definition) is 0. The van der Waals surface area contributed by atoms with Gasteiger partial charge < -0.3 is 4.74 Å². The topological polar surface area (TPSA) is 52.1 Å². The van der Waals surface area contributed by atoms with E-state index in [1.54, 1.807) is 14.0 Å². The van der Waals surface area contributed by atoms with E-state index in [1.165, 1.54) is 0 Å². The number of aromatic nitrogens is 2. The highest BCUT2D eigenvalue weighted by molar-refractivity contribution is 7.08. The van der Waals surface area contributed by atoms with Crippen molar-refractivity contribution in [3.8, 4) is 5.75 Å². The molecule has 4 nitrogen and oxygen atoms in total. The molecule has 1 heterocycles.